The lowest BCUT2D eigenvalue weighted by Gasteiger charge is -2.05. The zero-order valence-corrected chi connectivity index (χ0v) is 13.2. The summed E-state index contributed by atoms with van der Waals surface area (Å²) in [6.07, 6.45) is 0.635. The Bertz CT molecular complexity index is 922. The summed E-state index contributed by atoms with van der Waals surface area (Å²) in [5.41, 5.74) is 1.23. The van der Waals surface area contributed by atoms with Gasteiger partial charge in [0.1, 0.15) is 4.83 Å². The highest BCUT2D eigenvalue weighted by atomic mass is 32.1. The van der Waals surface area contributed by atoms with Crippen molar-refractivity contribution < 1.29 is 4.74 Å². The predicted octanol–water partition coefficient (Wildman–Crippen LogP) is 2.31. The Hall–Kier alpha value is -2.34. The molecule has 6 heteroatoms. The van der Waals surface area contributed by atoms with Crippen LogP contribution in [-0.2, 0) is 13.0 Å². The zero-order valence-electron chi connectivity index (χ0n) is 12.4. The van der Waals surface area contributed by atoms with Crippen molar-refractivity contribution in [3.8, 4) is 5.06 Å². The first kappa shape index (κ1) is 14.6. The Balaban J connectivity index is 2.05. The second-order valence-corrected chi connectivity index (χ2v) is 6.03. The summed E-state index contributed by atoms with van der Waals surface area (Å²) < 4.78 is 6.50. The molecule has 0 spiro atoms. The number of aryl methyl sites for hydroxylation is 2. The third-order valence-electron chi connectivity index (χ3n) is 3.68. The van der Waals surface area contributed by atoms with Crippen LogP contribution in [0.5, 0.6) is 5.06 Å². The Labute approximate surface area is 130 Å². The Morgan fingerprint density at radius 1 is 1.23 bits per heavy atom. The molecule has 1 aromatic carbocycles. The van der Waals surface area contributed by atoms with Crippen LogP contribution < -0.4 is 16.0 Å². The molecule has 1 N–H and O–H groups in total. The van der Waals surface area contributed by atoms with Crippen LogP contribution in [0.4, 0.5) is 0 Å². The molecule has 2 heterocycles. The Morgan fingerprint density at radius 2 is 1.95 bits per heavy atom. The molecule has 0 atom stereocenters. The first-order valence-corrected chi connectivity index (χ1v) is 7.77. The first-order valence-electron chi connectivity index (χ1n) is 6.96. The summed E-state index contributed by atoms with van der Waals surface area (Å²) in [5.74, 6) is 0. The van der Waals surface area contributed by atoms with E-state index in [1.165, 1.54) is 15.9 Å². The molecular weight excluding hydrogens is 300 g/mol. The van der Waals surface area contributed by atoms with E-state index in [9.17, 15) is 9.59 Å². The van der Waals surface area contributed by atoms with Crippen LogP contribution in [0.25, 0.3) is 10.2 Å². The average Bonchev–Trinajstić information content (AvgIpc) is 2.84. The van der Waals surface area contributed by atoms with Gasteiger partial charge in [0.25, 0.3) is 5.56 Å². The zero-order chi connectivity index (χ0) is 15.7. The van der Waals surface area contributed by atoms with Gasteiger partial charge in [-0.2, -0.15) is 0 Å². The molecule has 114 valence electrons. The van der Waals surface area contributed by atoms with Crippen LogP contribution in [0.15, 0.2) is 39.9 Å². The van der Waals surface area contributed by atoms with Gasteiger partial charge < -0.3 is 4.74 Å². The SMILES string of the molecule is COc1sc2[nH]c(=O)n(CCc3ccccc3)c(=O)c2c1C. The highest BCUT2D eigenvalue weighted by Gasteiger charge is 2.16. The lowest BCUT2D eigenvalue weighted by molar-refractivity contribution is 0.425. The van der Waals surface area contributed by atoms with Crippen LogP contribution in [0, 0.1) is 6.92 Å². The maximum Gasteiger partial charge on any atom is 0.329 e. The van der Waals surface area contributed by atoms with Crippen LogP contribution in [0.1, 0.15) is 11.1 Å². The van der Waals surface area contributed by atoms with E-state index in [0.717, 1.165) is 11.1 Å². The highest BCUT2D eigenvalue weighted by Crippen LogP contribution is 2.32. The van der Waals surface area contributed by atoms with Crippen molar-refractivity contribution in [3.05, 3.63) is 62.3 Å². The fourth-order valence-electron chi connectivity index (χ4n) is 2.51. The van der Waals surface area contributed by atoms with E-state index < -0.39 is 0 Å². The van der Waals surface area contributed by atoms with Crippen molar-refractivity contribution in [2.24, 2.45) is 0 Å². The topological polar surface area (TPSA) is 64.1 Å². The van der Waals surface area contributed by atoms with Crippen molar-refractivity contribution in [1.82, 2.24) is 9.55 Å². The fourth-order valence-corrected chi connectivity index (χ4v) is 3.52. The fraction of sp³-hybridized carbons (Fsp3) is 0.250. The molecule has 0 saturated carbocycles. The largest absolute Gasteiger partial charge is 0.487 e. The van der Waals surface area contributed by atoms with Gasteiger partial charge in [-0.05, 0) is 18.9 Å². The van der Waals surface area contributed by atoms with E-state index >= 15 is 0 Å². The van der Waals surface area contributed by atoms with E-state index in [2.05, 4.69) is 4.98 Å². The number of hydrogen-bond donors (Lipinski definition) is 1. The van der Waals surface area contributed by atoms with Gasteiger partial charge in [0.2, 0.25) is 0 Å². The van der Waals surface area contributed by atoms with Gasteiger partial charge >= 0.3 is 5.69 Å². The number of fused-ring (bicyclic) bond motifs is 1. The number of nitrogens with zero attached hydrogens (tertiary/aromatic N) is 1. The van der Waals surface area contributed by atoms with Gasteiger partial charge in [0.05, 0.1) is 12.5 Å². The second kappa shape index (κ2) is 5.81. The molecule has 0 fully saturated rings. The molecule has 22 heavy (non-hydrogen) atoms. The summed E-state index contributed by atoms with van der Waals surface area (Å²) in [7, 11) is 1.56. The van der Waals surface area contributed by atoms with Crippen LogP contribution in [0.3, 0.4) is 0 Å². The molecule has 5 nitrogen and oxygen atoms in total. The average molecular weight is 316 g/mol. The lowest BCUT2D eigenvalue weighted by Crippen LogP contribution is -2.35. The minimum atomic E-state index is -0.377. The van der Waals surface area contributed by atoms with Crippen LogP contribution in [0.2, 0.25) is 0 Å². The number of aromatic nitrogens is 2. The van der Waals surface area contributed by atoms with E-state index in [1.54, 1.807) is 7.11 Å². The van der Waals surface area contributed by atoms with E-state index in [0.29, 0.717) is 28.2 Å². The van der Waals surface area contributed by atoms with Crippen molar-refractivity contribution in [1.29, 1.82) is 0 Å². The lowest BCUT2D eigenvalue weighted by atomic mass is 10.1. The number of methoxy groups -OCH3 is 1. The molecule has 0 aliphatic carbocycles. The van der Waals surface area contributed by atoms with Gasteiger partial charge in [-0.15, -0.1) is 0 Å². The highest BCUT2D eigenvalue weighted by molar-refractivity contribution is 7.20. The number of hydrogen-bond acceptors (Lipinski definition) is 4. The number of aromatic amines is 1. The number of benzene rings is 1. The number of rotatable bonds is 4. The Morgan fingerprint density at radius 3 is 2.64 bits per heavy atom. The molecule has 0 aliphatic heterocycles. The molecule has 0 radical (unpaired) electrons. The number of thiophene rings is 1. The number of ether oxygens (including phenoxy) is 1. The Kier molecular flexibility index (Phi) is 3.85. The number of nitrogens with one attached hydrogen (secondary N) is 1. The normalized spacial score (nSPS) is 11.0. The maximum atomic E-state index is 12.6. The van der Waals surface area contributed by atoms with Gasteiger partial charge in [-0.1, -0.05) is 41.7 Å². The van der Waals surface area contributed by atoms with Crippen molar-refractivity contribution >= 4 is 21.6 Å². The predicted molar refractivity (Wildman–Crippen MR) is 88.1 cm³/mol. The molecule has 2 aromatic heterocycles. The molecule has 0 bridgehead atoms. The second-order valence-electron chi connectivity index (χ2n) is 5.05. The molecule has 0 aliphatic rings. The summed E-state index contributed by atoms with van der Waals surface area (Å²) >= 11 is 1.28. The minimum absolute atomic E-state index is 0.258. The molecule has 3 rings (SSSR count). The maximum absolute atomic E-state index is 12.6. The van der Waals surface area contributed by atoms with Gasteiger partial charge in [0, 0.05) is 12.1 Å². The van der Waals surface area contributed by atoms with Crippen LogP contribution >= 0.6 is 11.3 Å². The number of H-pyrrole nitrogens is 1. The summed E-state index contributed by atoms with van der Waals surface area (Å²) in [5, 5.41) is 1.19. The molecule has 0 unspecified atom stereocenters. The minimum Gasteiger partial charge on any atom is -0.487 e. The third-order valence-corrected chi connectivity index (χ3v) is 4.85. The summed E-state index contributed by atoms with van der Waals surface area (Å²) in [6.45, 7) is 2.19. The smallest absolute Gasteiger partial charge is 0.329 e. The van der Waals surface area contributed by atoms with Gasteiger partial charge in [-0.25, -0.2) is 4.79 Å². The molecule has 3 aromatic rings. The standard InChI is InChI=1S/C16H16N2O3S/c1-10-12-13(22-15(10)21-2)17-16(20)18(14(12)19)9-8-11-6-4-3-5-7-11/h3-7H,8-9H2,1-2H3,(H,17,20). The third kappa shape index (κ3) is 2.46. The van der Waals surface area contributed by atoms with E-state index in [4.69, 9.17) is 4.74 Å². The van der Waals surface area contributed by atoms with E-state index in [-0.39, 0.29) is 11.2 Å². The van der Waals surface area contributed by atoms with Crippen molar-refractivity contribution in [3.63, 3.8) is 0 Å². The first-order chi connectivity index (χ1) is 10.6. The summed E-state index contributed by atoms with van der Waals surface area (Å²) in [4.78, 5) is 28.1. The monoisotopic (exact) mass is 316 g/mol. The molecule has 0 saturated heterocycles. The summed E-state index contributed by atoms with van der Waals surface area (Å²) in [6, 6.07) is 9.79. The molecular formula is C16H16N2O3S. The van der Waals surface area contributed by atoms with Gasteiger partial charge in [-0.3, -0.25) is 14.3 Å². The quantitative estimate of drug-likeness (QED) is 0.803. The van der Waals surface area contributed by atoms with Crippen LogP contribution in [-0.4, -0.2) is 16.7 Å². The van der Waals surface area contributed by atoms with Gasteiger partial charge in [0.15, 0.2) is 5.06 Å². The molecule has 0 amide bonds. The van der Waals surface area contributed by atoms with Crippen molar-refractivity contribution in [2.75, 3.05) is 7.11 Å². The van der Waals surface area contributed by atoms with Crippen molar-refractivity contribution in [2.45, 2.75) is 19.9 Å². The van der Waals surface area contributed by atoms with E-state index in [1.807, 2.05) is 37.3 Å².